The highest BCUT2D eigenvalue weighted by Crippen LogP contribution is 2.21. The lowest BCUT2D eigenvalue weighted by Gasteiger charge is -2.10. The topological polar surface area (TPSA) is 106 Å². The second kappa shape index (κ2) is 11.3. The highest BCUT2D eigenvalue weighted by molar-refractivity contribution is 7.99. The molecule has 0 aliphatic heterocycles. The number of thioether (sulfide) groups is 1. The fraction of sp³-hybridized carbons (Fsp3) is 0.154. The van der Waals surface area contributed by atoms with Gasteiger partial charge in [0.05, 0.1) is 12.0 Å². The quantitative estimate of drug-likeness (QED) is 0.245. The number of nitrogens with one attached hydrogen (secondary N) is 2. The van der Waals surface area contributed by atoms with Crippen molar-refractivity contribution in [2.45, 2.75) is 25.6 Å². The van der Waals surface area contributed by atoms with Crippen molar-refractivity contribution in [3.05, 3.63) is 95.7 Å². The van der Waals surface area contributed by atoms with Gasteiger partial charge in [0.25, 0.3) is 5.91 Å². The summed E-state index contributed by atoms with van der Waals surface area (Å²) in [6.45, 7) is 4.10. The average molecular weight is 489 g/mol. The number of rotatable bonds is 9. The number of hydrogen-bond acceptors (Lipinski definition) is 7. The van der Waals surface area contributed by atoms with E-state index in [0.717, 1.165) is 17.0 Å². The van der Waals surface area contributed by atoms with Crippen LogP contribution in [0, 0.1) is 13.8 Å². The molecular weight excluding hydrogens is 464 g/mol. The number of amides is 2. The summed E-state index contributed by atoms with van der Waals surface area (Å²) in [6, 6.07) is 19.7. The van der Waals surface area contributed by atoms with Gasteiger partial charge in [-0.2, -0.15) is 0 Å². The van der Waals surface area contributed by atoms with E-state index in [0.29, 0.717) is 28.9 Å². The van der Waals surface area contributed by atoms with E-state index < -0.39 is 0 Å². The Morgan fingerprint density at radius 2 is 1.66 bits per heavy atom. The maximum Gasteiger partial charge on any atom is 0.291 e. The maximum absolute atomic E-state index is 12.4. The summed E-state index contributed by atoms with van der Waals surface area (Å²) in [6.07, 6.45) is 1.45. The Bertz CT molecular complexity index is 1300. The molecule has 2 amide bonds. The first kappa shape index (κ1) is 24.0. The largest absolute Gasteiger partial charge is 0.489 e. The highest BCUT2D eigenvalue weighted by atomic mass is 32.2. The third kappa shape index (κ3) is 7.18. The smallest absolute Gasteiger partial charge is 0.291 e. The molecule has 4 aromatic rings. The van der Waals surface area contributed by atoms with E-state index in [2.05, 4.69) is 20.6 Å². The van der Waals surface area contributed by atoms with Gasteiger partial charge in [0.1, 0.15) is 12.4 Å². The summed E-state index contributed by atoms with van der Waals surface area (Å²) in [5.41, 5.74) is 3.91. The number of benzene rings is 2. The summed E-state index contributed by atoms with van der Waals surface area (Å²) in [4.78, 5) is 33.2. The molecule has 0 saturated carbocycles. The summed E-state index contributed by atoms with van der Waals surface area (Å²) >= 11 is 1.30. The van der Waals surface area contributed by atoms with Gasteiger partial charge in [-0.05, 0) is 61.9 Å². The molecule has 0 bridgehead atoms. The fourth-order valence-electron chi connectivity index (χ4n) is 3.25. The molecule has 0 atom stereocenters. The van der Waals surface area contributed by atoms with Crippen LogP contribution in [0.5, 0.6) is 5.75 Å². The van der Waals surface area contributed by atoms with Crippen LogP contribution in [0.25, 0.3) is 0 Å². The van der Waals surface area contributed by atoms with Crippen LogP contribution in [0.15, 0.2) is 82.6 Å². The molecule has 2 aromatic heterocycles. The van der Waals surface area contributed by atoms with Gasteiger partial charge in [0.2, 0.25) is 5.91 Å². The number of carbonyl (C=O) groups is 2. The van der Waals surface area contributed by atoms with E-state index in [1.54, 1.807) is 36.4 Å². The summed E-state index contributed by atoms with van der Waals surface area (Å²) < 4.78 is 11.0. The lowest BCUT2D eigenvalue weighted by atomic mass is 10.2. The molecule has 9 heteroatoms. The van der Waals surface area contributed by atoms with Crippen LogP contribution in [-0.2, 0) is 11.4 Å². The first-order chi connectivity index (χ1) is 16.9. The van der Waals surface area contributed by atoms with Gasteiger partial charge in [-0.25, -0.2) is 9.97 Å². The van der Waals surface area contributed by atoms with Gasteiger partial charge >= 0.3 is 0 Å². The minimum Gasteiger partial charge on any atom is -0.489 e. The summed E-state index contributed by atoms with van der Waals surface area (Å²) in [5, 5.41) is 6.25. The number of furan rings is 1. The Morgan fingerprint density at radius 3 is 2.40 bits per heavy atom. The Kier molecular flexibility index (Phi) is 7.79. The van der Waals surface area contributed by atoms with Gasteiger partial charge in [0, 0.05) is 28.8 Å². The molecule has 8 nitrogen and oxygen atoms in total. The van der Waals surface area contributed by atoms with Crippen LogP contribution >= 0.6 is 11.8 Å². The zero-order chi connectivity index (χ0) is 24.6. The molecular formula is C26H24N4O4S. The van der Waals surface area contributed by atoms with Gasteiger partial charge in [-0.3, -0.25) is 9.59 Å². The molecule has 0 aliphatic carbocycles. The SMILES string of the molecule is Cc1cc(C)nc(SCC(=O)Nc2cccc(COc3cccc(NC(=O)c4ccco4)c3)c2)n1. The number of anilines is 2. The number of ether oxygens (including phenoxy) is 1. The molecule has 35 heavy (non-hydrogen) atoms. The van der Waals surface area contributed by atoms with Crippen LogP contribution < -0.4 is 15.4 Å². The number of carbonyl (C=O) groups excluding carboxylic acids is 2. The predicted octanol–water partition coefficient (Wildman–Crippen LogP) is 5.25. The fourth-order valence-corrected chi connectivity index (χ4v) is 4.00. The predicted molar refractivity (Wildman–Crippen MR) is 135 cm³/mol. The van der Waals surface area contributed by atoms with Crippen molar-refractivity contribution in [3.63, 3.8) is 0 Å². The lowest BCUT2D eigenvalue weighted by molar-refractivity contribution is -0.113. The van der Waals surface area contributed by atoms with E-state index in [9.17, 15) is 9.59 Å². The normalized spacial score (nSPS) is 10.6. The van der Waals surface area contributed by atoms with Crippen LogP contribution in [0.1, 0.15) is 27.5 Å². The van der Waals surface area contributed by atoms with Gasteiger partial charge in [-0.15, -0.1) is 0 Å². The molecule has 0 spiro atoms. The van der Waals surface area contributed by atoms with Crippen molar-refractivity contribution in [1.82, 2.24) is 9.97 Å². The highest BCUT2D eigenvalue weighted by Gasteiger charge is 2.10. The number of aromatic nitrogens is 2. The first-order valence-corrected chi connectivity index (χ1v) is 11.8. The first-order valence-electron chi connectivity index (χ1n) is 10.9. The van der Waals surface area contributed by atoms with E-state index in [4.69, 9.17) is 9.15 Å². The van der Waals surface area contributed by atoms with Crippen LogP contribution in [0.3, 0.4) is 0 Å². The Morgan fingerprint density at radius 1 is 0.914 bits per heavy atom. The zero-order valence-electron chi connectivity index (χ0n) is 19.3. The lowest BCUT2D eigenvalue weighted by Crippen LogP contribution is -2.14. The second-order valence-electron chi connectivity index (χ2n) is 7.72. The monoisotopic (exact) mass is 488 g/mol. The molecule has 0 unspecified atom stereocenters. The van der Waals surface area contributed by atoms with E-state index in [1.807, 2.05) is 44.2 Å². The number of aryl methyl sites for hydroxylation is 2. The standard InChI is InChI=1S/C26H24N4O4S/c1-17-12-18(2)28-26(27-17)35-16-24(31)29-20-7-3-6-19(13-20)15-34-22-9-4-8-21(14-22)30-25(32)23-10-5-11-33-23/h3-14H,15-16H2,1-2H3,(H,29,31)(H,30,32). The maximum atomic E-state index is 12.4. The van der Waals surface area contributed by atoms with Crippen molar-refractivity contribution < 1.29 is 18.7 Å². The van der Waals surface area contributed by atoms with Gasteiger partial charge in [-0.1, -0.05) is 30.0 Å². The Labute approximate surface area is 207 Å². The van der Waals surface area contributed by atoms with Crippen molar-refractivity contribution in [3.8, 4) is 5.75 Å². The molecule has 178 valence electrons. The van der Waals surface area contributed by atoms with Crippen LogP contribution in [0.2, 0.25) is 0 Å². The van der Waals surface area contributed by atoms with E-state index >= 15 is 0 Å². The van der Waals surface area contributed by atoms with E-state index in [1.165, 1.54) is 18.0 Å². The molecule has 4 rings (SSSR count). The average Bonchev–Trinajstić information content (AvgIpc) is 3.37. The van der Waals surface area contributed by atoms with Crippen LogP contribution in [0.4, 0.5) is 11.4 Å². The minimum absolute atomic E-state index is 0.143. The zero-order valence-corrected chi connectivity index (χ0v) is 20.1. The molecule has 0 aliphatic rings. The number of nitrogens with zero attached hydrogens (tertiary/aromatic N) is 2. The van der Waals surface area contributed by atoms with Gasteiger partial charge in [0.15, 0.2) is 10.9 Å². The molecule has 2 heterocycles. The minimum atomic E-state index is -0.335. The van der Waals surface area contributed by atoms with Crippen molar-refractivity contribution in [1.29, 1.82) is 0 Å². The molecule has 2 aromatic carbocycles. The third-order valence-electron chi connectivity index (χ3n) is 4.75. The second-order valence-corrected chi connectivity index (χ2v) is 8.66. The molecule has 0 radical (unpaired) electrons. The number of hydrogen-bond donors (Lipinski definition) is 2. The van der Waals surface area contributed by atoms with Crippen molar-refractivity contribution in [2.24, 2.45) is 0 Å². The van der Waals surface area contributed by atoms with Crippen LogP contribution in [-0.4, -0.2) is 27.5 Å². The Hall–Kier alpha value is -4.11. The van der Waals surface area contributed by atoms with Crippen molar-refractivity contribution >= 4 is 35.0 Å². The Balaban J connectivity index is 1.30. The third-order valence-corrected chi connectivity index (χ3v) is 5.59. The molecule has 0 saturated heterocycles. The van der Waals surface area contributed by atoms with Crippen molar-refractivity contribution in [2.75, 3.05) is 16.4 Å². The van der Waals surface area contributed by atoms with Gasteiger partial charge < -0.3 is 19.8 Å². The summed E-state index contributed by atoms with van der Waals surface area (Å²) in [5.74, 6) is 0.561. The van der Waals surface area contributed by atoms with E-state index in [-0.39, 0.29) is 23.3 Å². The molecule has 2 N–H and O–H groups in total. The molecule has 0 fully saturated rings. The summed E-state index contributed by atoms with van der Waals surface area (Å²) in [7, 11) is 0.